The fraction of sp³-hybridized carbons (Fsp3) is 0.464. The minimum atomic E-state index is -0.862. The predicted molar refractivity (Wildman–Crippen MR) is 139 cm³/mol. The molecule has 8 nitrogen and oxygen atoms in total. The predicted octanol–water partition coefficient (Wildman–Crippen LogP) is 3.86. The molecule has 0 saturated carbocycles. The fourth-order valence-electron chi connectivity index (χ4n) is 5.17. The molecule has 0 spiro atoms. The number of rotatable bonds is 8. The third kappa shape index (κ3) is 4.95. The monoisotopic (exact) mass is 492 g/mol. The molecule has 2 aromatic rings. The molecule has 0 saturated heterocycles. The maximum atomic E-state index is 13.3. The Hall–Kier alpha value is -3.39. The van der Waals surface area contributed by atoms with Crippen molar-refractivity contribution >= 4 is 17.8 Å². The summed E-state index contributed by atoms with van der Waals surface area (Å²) in [5, 5.41) is 13.5. The molecule has 2 aliphatic heterocycles. The van der Waals surface area contributed by atoms with Crippen LogP contribution in [0.5, 0.6) is 5.75 Å². The Balaban J connectivity index is 1.61. The maximum absolute atomic E-state index is 13.3. The maximum Gasteiger partial charge on any atom is 0.251 e. The number of nitrogens with one attached hydrogen (secondary N) is 1. The second-order valence-corrected chi connectivity index (χ2v) is 9.64. The molecule has 4 rings (SSSR count). The molecule has 0 aliphatic carbocycles. The van der Waals surface area contributed by atoms with Crippen LogP contribution in [-0.2, 0) is 4.79 Å². The summed E-state index contributed by atoms with van der Waals surface area (Å²) in [6.07, 6.45) is 2.47. The van der Waals surface area contributed by atoms with Crippen molar-refractivity contribution in [3.63, 3.8) is 0 Å². The first-order valence-corrected chi connectivity index (χ1v) is 12.8. The second kappa shape index (κ2) is 10.7. The quantitative estimate of drug-likeness (QED) is 0.517. The van der Waals surface area contributed by atoms with E-state index < -0.39 is 17.7 Å². The van der Waals surface area contributed by atoms with Crippen LogP contribution in [0.1, 0.15) is 86.4 Å². The van der Waals surface area contributed by atoms with Crippen LogP contribution in [0, 0.1) is 0 Å². The van der Waals surface area contributed by atoms with Gasteiger partial charge in [0, 0.05) is 11.1 Å². The molecule has 8 heteroatoms. The summed E-state index contributed by atoms with van der Waals surface area (Å²) in [6.45, 7) is 6.22. The number of amides is 2. The van der Waals surface area contributed by atoms with Gasteiger partial charge in [0.15, 0.2) is 5.96 Å². The number of carbonyl (C=O) groups is 2. The Labute approximate surface area is 212 Å². The number of ether oxygens (including phenoxy) is 1. The molecule has 2 aliphatic rings. The van der Waals surface area contributed by atoms with Gasteiger partial charge in [-0.1, -0.05) is 57.5 Å². The molecule has 2 amide bonds. The molecule has 0 aromatic heterocycles. The van der Waals surface area contributed by atoms with E-state index >= 15 is 0 Å². The normalized spacial score (nSPS) is 21.7. The van der Waals surface area contributed by atoms with Gasteiger partial charge >= 0.3 is 0 Å². The van der Waals surface area contributed by atoms with Crippen molar-refractivity contribution in [2.45, 2.75) is 76.6 Å². The lowest BCUT2D eigenvalue weighted by Crippen LogP contribution is -2.52. The molecule has 0 bridgehead atoms. The van der Waals surface area contributed by atoms with Crippen molar-refractivity contribution in [2.75, 3.05) is 6.61 Å². The summed E-state index contributed by atoms with van der Waals surface area (Å²) >= 11 is 0. The summed E-state index contributed by atoms with van der Waals surface area (Å²) in [6, 6.07) is 13.7. The Bertz CT molecular complexity index is 1140. The van der Waals surface area contributed by atoms with Gasteiger partial charge in [0.2, 0.25) is 5.91 Å². The first kappa shape index (κ1) is 25.7. The first-order valence-electron chi connectivity index (χ1n) is 12.8. The van der Waals surface area contributed by atoms with E-state index in [1.165, 1.54) is 0 Å². The number of nitrogens with two attached hydrogens (primary N) is 1. The van der Waals surface area contributed by atoms with Crippen LogP contribution in [-0.4, -0.2) is 46.0 Å². The van der Waals surface area contributed by atoms with Crippen molar-refractivity contribution in [1.82, 2.24) is 10.2 Å². The summed E-state index contributed by atoms with van der Waals surface area (Å²) in [4.78, 5) is 32.9. The summed E-state index contributed by atoms with van der Waals surface area (Å²) in [5.41, 5.74) is 7.94. The Morgan fingerprint density at radius 2 is 1.97 bits per heavy atom. The zero-order valence-corrected chi connectivity index (χ0v) is 21.2. The number of fused-ring (bicyclic) bond motifs is 1. The molecular weight excluding hydrogens is 456 g/mol. The fourth-order valence-corrected chi connectivity index (χ4v) is 5.17. The van der Waals surface area contributed by atoms with Crippen LogP contribution < -0.4 is 15.8 Å². The van der Waals surface area contributed by atoms with Gasteiger partial charge in [0.05, 0.1) is 24.0 Å². The Morgan fingerprint density at radius 1 is 1.22 bits per heavy atom. The zero-order chi connectivity index (χ0) is 25.9. The SMILES string of the molecule is CCC[C@H](c1cccc(C(=O)NC2c3ccccc3OCC2O)c1)N1C(=O)CC(CC)(CC)N=C1N. The van der Waals surface area contributed by atoms with Crippen LogP contribution in [0.25, 0.3) is 0 Å². The van der Waals surface area contributed by atoms with E-state index in [9.17, 15) is 14.7 Å². The molecule has 2 aromatic carbocycles. The third-order valence-corrected chi connectivity index (χ3v) is 7.41. The molecule has 2 unspecified atom stereocenters. The van der Waals surface area contributed by atoms with E-state index in [2.05, 4.69) is 12.2 Å². The number of benzene rings is 2. The van der Waals surface area contributed by atoms with Gasteiger partial charge in [0.1, 0.15) is 18.5 Å². The lowest BCUT2D eigenvalue weighted by Gasteiger charge is -2.40. The number of hydrogen-bond donors (Lipinski definition) is 3. The minimum Gasteiger partial charge on any atom is -0.490 e. The average Bonchev–Trinajstić information content (AvgIpc) is 2.89. The van der Waals surface area contributed by atoms with Crippen LogP contribution in [0.2, 0.25) is 0 Å². The van der Waals surface area contributed by atoms with Crippen molar-refractivity contribution < 1.29 is 19.4 Å². The van der Waals surface area contributed by atoms with Gasteiger partial charge < -0.3 is 20.9 Å². The minimum absolute atomic E-state index is 0.0403. The smallest absolute Gasteiger partial charge is 0.251 e. The molecule has 192 valence electrons. The van der Waals surface area contributed by atoms with E-state index in [1.54, 1.807) is 17.0 Å². The van der Waals surface area contributed by atoms with Crippen LogP contribution in [0.3, 0.4) is 0 Å². The number of nitrogens with zero attached hydrogens (tertiary/aromatic N) is 2. The van der Waals surface area contributed by atoms with Gasteiger partial charge in [-0.15, -0.1) is 0 Å². The van der Waals surface area contributed by atoms with Crippen LogP contribution in [0.15, 0.2) is 53.5 Å². The first-order chi connectivity index (χ1) is 17.3. The van der Waals surface area contributed by atoms with Gasteiger partial charge in [0.25, 0.3) is 5.91 Å². The van der Waals surface area contributed by atoms with Crippen molar-refractivity contribution in [1.29, 1.82) is 0 Å². The standard InChI is InChI=1S/C28H36N4O4/c1-4-10-21(32-24(34)16-28(5-2,6-3)31-27(32)29)18-11-9-12-19(15-18)26(35)30-25-20-13-7-8-14-23(20)36-17-22(25)33/h7-9,11-15,21-22,25,33H,4-6,10,16-17H2,1-3H3,(H2,29,31)(H,30,35)/t21-,22?,25?/m1/s1. The largest absolute Gasteiger partial charge is 0.490 e. The third-order valence-electron chi connectivity index (χ3n) is 7.41. The topological polar surface area (TPSA) is 117 Å². The number of aliphatic imine (C=N–C) groups is 1. The lowest BCUT2D eigenvalue weighted by molar-refractivity contribution is -0.131. The lowest BCUT2D eigenvalue weighted by atomic mass is 9.87. The molecule has 2 heterocycles. The summed E-state index contributed by atoms with van der Waals surface area (Å²) in [5.74, 6) is 0.542. The van der Waals surface area contributed by atoms with Gasteiger partial charge in [-0.3, -0.25) is 14.5 Å². The van der Waals surface area contributed by atoms with Gasteiger partial charge in [-0.05, 0) is 43.0 Å². The van der Waals surface area contributed by atoms with Crippen molar-refractivity contribution in [3.8, 4) is 5.75 Å². The highest BCUT2D eigenvalue weighted by Gasteiger charge is 2.40. The van der Waals surface area contributed by atoms with E-state index in [0.717, 1.165) is 30.4 Å². The molecule has 3 atom stereocenters. The zero-order valence-electron chi connectivity index (χ0n) is 21.2. The molecule has 0 fully saturated rings. The number of para-hydroxylation sites is 1. The molecule has 4 N–H and O–H groups in total. The summed E-state index contributed by atoms with van der Waals surface area (Å²) < 4.78 is 5.59. The van der Waals surface area contributed by atoms with Crippen molar-refractivity contribution in [2.24, 2.45) is 10.7 Å². The van der Waals surface area contributed by atoms with E-state index in [4.69, 9.17) is 15.5 Å². The molecule has 0 radical (unpaired) electrons. The highest BCUT2D eigenvalue weighted by atomic mass is 16.5. The number of aliphatic hydroxyl groups excluding tert-OH is 1. The van der Waals surface area contributed by atoms with Crippen LogP contribution >= 0.6 is 0 Å². The Kier molecular flexibility index (Phi) is 7.64. The van der Waals surface area contributed by atoms with E-state index in [0.29, 0.717) is 24.2 Å². The molecule has 36 heavy (non-hydrogen) atoms. The molecular formula is C28H36N4O4. The number of guanidine groups is 1. The van der Waals surface area contributed by atoms with Crippen LogP contribution in [0.4, 0.5) is 0 Å². The number of hydrogen-bond acceptors (Lipinski definition) is 6. The highest BCUT2D eigenvalue weighted by Crippen LogP contribution is 2.36. The van der Waals surface area contributed by atoms with Gasteiger partial charge in [-0.2, -0.15) is 0 Å². The van der Waals surface area contributed by atoms with E-state index in [-0.39, 0.29) is 30.4 Å². The number of aliphatic hydroxyl groups is 1. The van der Waals surface area contributed by atoms with Gasteiger partial charge in [-0.25, -0.2) is 4.99 Å². The second-order valence-electron chi connectivity index (χ2n) is 9.64. The van der Waals surface area contributed by atoms with E-state index in [1.807, 2.05) is 50.2 Å². The van der Waals surface area contributed by atoms with Crippen molar-refractivity contribution in [3.05, 3.63) is 65.2 Å². The summed E-state index contributed by atoms with van der Waals surface area (Å²) in [7, 11) is 0. The highest BCUT2D eigenvalue weighted by molar-refractivity contribution is 6.00. The Morgan fingerprint density at radius 3 is 2.67 bits per heavy atom. The average molecular weight is 493 g/mol. The number of carbonyl (C=O) groups excluding carboxylic acids is 2.